The molecule has 2 aromatic carbocycles. The lowest BCUT2D eigenvalue weighted by molar-refractivity contribution is -0.116. The van der Waals surface area contributed by atoms with Crippen LogP contribution in [0.4, 0.5) is 5.69 Å². The molecule has 5 nitrogen and oxygen atoms in total. The van der Waals surface area contributed by atoms with Crippen molar-refractivity contribution in [3.8, 4) is 5.75 Å². The molecular formula is C17H17BrN2O3. The molecule has 0 atom stereocenters. The fraction of sp³-hybridized carbons (Fsp3) is 0.176. The van der Waals surface area contributed by atoms with Crippen LogP contribution in [0, 0.1) is 0 Å². The third-order valence-electron chi connectivity index (χ3n) is 3.10. The predicted octanol–water partition coefficient (Wildman–Crippen LogP) is 3.22. The van der Waals surface area contributed by atoms with E-state index in [-0.39, 0.29) is 24.8 Å². The van der Waals surface area contributed by atoms with E-state index in [0.717, 1.165) is 4.47 Å². The van der Waals surface area contributed by atoms with Gasteiger partial charge in [-0.15, -0.1) is 0 Å². The summed E-state index contributed by atoms with van der Waals surface area (Å²) in [7, 11) is 1.57. The summed E-state index contributed by atoms with van der Waals surface area (Å²) >= 11 is 3.31. The van der Waals surface area contributed by atoms with Crippen LogP contribution in [0.1, 0.15) is 16.8 Å². The average Bonchev–Trinajstić information content (AvgIpc) is 2.55. The van der Waals surface area contributed by atoms with Crippen LogP contribution in [0.5, 0.6) is 5.75 Å². The van der Waals surface area contributed by atoms with E-state index < -0.39 is 0 Å². The molecule has 2 amide bonds. The molecule has 0 aliphatic rings. The average molecular weight is 377 g/mol. The fourth-order valence-electron chi connectivity index (χ4n) is 1.92. The highest BCUT2D eigenvalue weighted by Gasteiger charge is 2.07. The molecule has 0 aromatic heterocycles. The van der Waals surface area contributed by atoms with Crippen LogP contribution in [0.25, 0.3) is 0 Å². The first-order chi connectivity index (χ1) is 11.1. The molecule has 2 aromatic rings. The standard InChI is InChI=1S/C17H17BrN2O3/c1-23-15-4-2-3-14(11-15)20-16(21)9-10-19-17(22)12-5-7-13(18)8-6-12/h2-8,11H,9-10H2,1H3,(H,19,22)(H,20,21). The van der Waals surface area contributed by atoms with Crippen molar-refractivity contribution in [2.45, 2.75) is 6.42 Å². The van der Waals surface area contributed by atoms with Crippen molar-refractivity contribution in [2.24, 2.45) is 0 Å². The molecule has 0 aliphatic heterocycles. The Morgan fingerprint density at radius 2 is 1.87 bits per heavy atom. The molecule has 0 bridgehead atoms. The van der Waals surface area contributed by atoms with Crippen LogP contribution in [0.15, 0.2) is 53.0 Å². The Hall–Kier alpha value is -2.34. The summed E-state index contributed by atoms with van der Waals surface area (Å²) in [6.45, 7) is 0.269. The van der Waals surface area contributed by atoms with Crippen LogP contribution in [0.3, 0.4) is 0 Å². The Kier molecular flexibility index (Phi) is 6.17. The summed E-state index contributed by atoms with van der Waals surface area (Å²) in [4.78, 5) is 23.8. The highest BCUT2D eigenvalue weighted by Crippen LogP contribution is 2.16. The Morgan fingerprint density at radius 3 is 2.57 bits per heavy atom. The normalized spacial score (nSPS) is 10.0. The minimum atomic E-state index is -0.202. The lowest BCUT2D eigenvalue weighted by Crippen LogP contribution is -2.27. The molecule has 0 heterocycles. The van der Waals surface area contributed by atoms with Crippen molar-refractivity contribution in [1.29, 1.82) is 0 Å². The number of hydrogen-bond acceptors (Lipinski definition) is 3. The quantitative estimate of drug-likeness (QED) is 0.813. The van der Waals surface area contributed by atoms with Gasteiger partial charge < -0.3 is 15.4 Å². The smallest absolute Gasteiger partial charge is 0.251 e. The van der Waals surface area contributed by atoms with Gasteiger partial charge in [-0.25, -0.2) is 0 Å². The zero-order chi connectivity index (χ0) is 16.7. The zero-order valence-electron chi connectivity index (χ0n) is 12.6. The fourth-order valence-corrected chi connectivity index (χ4v) is 2.18. The SMILES string of the molecule is COc1cccc(NC(=O)CCNC(=O)c2ccc(Br)cc2)c1. The number of anilines is 1. The molecule has 0 spiro atoms. The largest absolute Gasteiger partial charge is 0.497 e. The maximum Gasteiger partial charge on any atom is 0.251 e. The number of halogens is 1. The summed E-state index contributed by atoms with van der Waals surface area (Å²) < 4.78 is 6.00. The Balaban J connectivity index is 1.78. The summed E-state index contributed by atoms with van der Waals surface area (Å²) in [6.07, 6.45) is 0.194. The third-order valence-corrected chi connectivity index (χ3v) is 3.63. The zero-order valence-corrected chi connectivity index (χ0v) is 14.2. The maximum absolute atomic E-state index is 11.9. The number of carbonyl (C=O) groups excluding carboxylic acids is 2. The van der Waals surface area contributed by atoms with Gasteiger partial charge in [0.05, 0.1) is 7.11 Å². The second-order valence-electron chi connectivity index (χ2n) is 4.79. The van der Waals surface area contributed by atoms with Gasteiger partial charge in [0.25, 0.3) is 5.91 Å². The van der Waals surface area contributed by atoms with Crippen molar-refractivity contribution in [2.75, 3.05) is 19.0 Å². The van der Waals surface area contributed by atoms with Crippen molar-refractivity contribution < 1.29 is 14.3 Å². The van der Waals surface area contributed by atoms with Crippen LogP contribution < -0.4 is 15.4 Å². The number of hydrogen-bond donors (Lipinski definition) is 2. The molecule has 120 valence electrons. The van der Waals surface area contributed by atoms with Gasteiger partial charge in [0.1, 0.15) is 5.75 Å². The van der Waals surface area contributed by atoms with E-state index in [1.165, 1.54) is 0 Å². The molecule has 0 aliphatic carbocycles. The third kappa shape index (κ3) is 5.41. The van der Waals surface area contributed by atoms with Crippen molar-refractivity contribution in [3.63, 3.8) is 0 Å². The van der Waals surface area contributed by atoms with Crippen molar-refractivity contribution in [3.05, 3.63) is 58.6 Å². The Bertz CT molecular complexity index is 686. The van der Waals surface area contributed by atoms with Crippen LogP contribution in [-0.2, 0) is 4.79 Å². The first-order valence-electron chi connectivity index (χ1n) is 7.06. The molecule has 0 saturated heterocycles. The highest BCUT2D eigenvalue weighted by molar-refractivity contribution is 9.10. The maximum atomic E-state index is 11.9. The molecule has 0 fully saturated rings. The first-order valence-corrected chi connectivity index (χ1v) is 7.85. The molecule has 23 heavy (non-hydrogen) atoms. The van der Waals surface area contributed by atoms with E-state index in [2.05, 4.69) is 26.6 Å². The number of methoxy groups -OCH3 is 1. The second-order valence-corrected chi connectivity index (χ2v) is 5.71. The second kappa shape index (κ2) is 8.33. The first kappa shape index (κ1) is 17.0. The van der Waals surface area contributed by atoms with Gasteiger partial charge in [-0.2, -0.15) is 0 Å². The minimum Gasteiger partial charge on any atom is -0.497 e. The highest BCUT2D eigenvalue weighted by atomic mass is 79.9. The monoisotopic (exact) mass is 376 g/mol. The van der Waals surface area contributed by atoms with E-state index >= 15 is 0 Å². The lowest BCUT2D eigenvalue weighted by Gasteiger charge is -2.08. The number of amides is 2. The summed E-state index contributed by atoms with van der Waals surface area (Å²) in [5.41, 5.74) is 1.22. The van der Waals surface area contributed by atoms with Crippen molar-refractivity contribution >= 4 is 33.4 Å². The summed E-state index contributed by atoms with van der Waals surface area (Å²) in [6, 6.07) is 14.1. The van der Waals surface area contributed by atoms with E-state index in [0.29, 0.717) is 17.0 Å². The molecule has 6 heteroatoms. The summed E-state index contributed by atoms with van der Waals surface area (Å²) in [5, 5.41) is 5.48. The molecular weight excluding hydrogens is 360 g/mol. The Labute approximate surface area is 143 Å². The lowest BCUT2D eigenvalue weighted by atomic mass is 10.2. The predicted molar refractivity (Wildman–Crippen MR) is 92.7 cm³/mol. The minimum absolute atomic E-state index is 0.172. The summed E-state index contributed by atoms with van der Waals surface area (Å²) in [5.74, 6) is 0.299. The number of rotatable bonds is 6. The molecule has 0 saturated carbocycles. The molecule has 0 unspecified atom stereocenters. The van der Waals surface area contributed by atoms with Crippen LogP contribution in [-0.4, -0.2) is 25.5 Å². The number of benzene rings is 2. The van der Waals surface area contributed by atoms with Gasteiger partial charge >= 0.3 is 0 Å². The van der Waals surface area contributed by atoms with Crippen LogP contribution >= 0.6 is 15.9 Å². The van der Waals surface area contributed by atoms with E-state index in [9.17, 15) is 9.59 Å². The van der Waals surface area contributed by atoms with Gasteiger partial charge in [0, 0.05) is 34.8 Å². The van der Waals surface area contributed by atoms with E-state index in [1.54, 1.807) is 55.6 Å². The molecule has 2 rings (SSSR count). The number of carbonyl (C=O) groups is 2. The van der Waals surface area contributed by atoms with Gasteiger partial charge in [0.15, 0.2) is 0 Å². The topological polar surface area (TPSA) is 67.4 Å². The Morgan fingerprint density at radius 1 is 1.13 bits per heavy atom. The number of nitrogens with one attached hydrogen (secondary N) is 2. The van der Waals surface area contributed by atoms with E-state index in [4.69, 9.17) is 4.74 Å². The number of ether oxygens (including phenoxy) is 1. The van der Waals surface area contributed by atoms with Crippen molar-refractivity contribution in [1.82, 2.24) is 5.32 Å². The van der Waals surface area contributed by atoms with Gasteiger partial charge in [-0.05, 0) is 36.4 Å². The molecule has 2 N–H and O–H groups in total. The van der Waals surface area contributed by atoms with Gasteiger partial charge in [-0.3, -0.25) is 9.59 Å². The van der Waals surface area contributed by atoms with Crippen LogP contribution in [0.2, 0.25) is 0 Å². The van der Waals surface area contributed by atoms with Gasteiger partial charge in [0.2, 0.25) is 5.91 Å². The van der Waals surface area contributed by atoms with Gasteiger partial charge in [-0.1, -0.05) is 22.0 Å². The molecule has 0 radical (unpaired) electrons. The van der Waals surface area contributed by atoms with E-state index in [1.807, 2.05) is 0 Å².